The first-order valence-corrected chi connectivity index (χ1v) is 4.80. The lowest BCUT2D eigenvalue weighted by Gasteiger charge is -2.07. The number of hydrogen-bond acceptors (Lipinski definition) is 3. The molecule has 0 radical (unpaired) electrons. The van der Waals surface area contributed by atoms with Crippen LogP contribution in [0.5, 0.6) is 0 Å². The fourth-order valence-electron chi connectivity index (χ4n) is 1.50. The summed E-state index contributed by atoms with van der Waals surface area (Å²) in [5, 5.41) is 5.35. The highest BCUT2D eigenvalue weighted by atomic mass is 15.0. The number of rotatable bonds is 3. The van der Waals surface area contributed by atoms with Gasteiger partial charge >= 0.3 is 0 Å². The number of nitrogen functional groups attached to an aromatic ring is 1. The maximum atomic E-state index is 5.75. The van der Waals surface area contributed by atoms with E-state index in [9.17, 15) is 0 Å². The molecule has 3 heteroatoms. The topological polar surface area (TPSA) is 50.9 Å². The lowest BCUT2D eigenvalue weighted by molar-refractivity contribution is 1.25. The number of aromatic nitrogens is 1. The molecular formula is C12H13N3. The normalized spacial score (nSPS) is 10.1. The summed E-state index contributed by atoms with van der Waals surface area (Å²) >= 11 is 0. The van der Waals surface area contributed by atoms with Crippen molar-refractivity contribution in [3.05, 3.63) is 43.1 Å². The summed E-state index contributed by atoms with van der Waals surface area (Å²) in [6, 6.07) is 7.77. The van der Waals surface area contributed by atoms with Crippen molar-refractivity contribution in [1.29, 1.82) is 0 Å². The fourth-order valence-corrected chi connectivity index (χ4v) is 1.50. The van der Waals surface area contributed by atoms with Crippen LogP contribution in [0.3, 0.4) is 0 Å². The van der Waals surface area contributed by atoms with Gasteiger partial charge in [0, 0.05) is 23.8 Å². The second-order valence-electron chi connectivity index (χ2n) is 3.31. The number of fused-ring (bicyclic) bond motifs is 1. The van der Waals surface area contributed by atoms with E-state index >= 15 is 0 Å². The van der Waals surface area contributed by atoms with Gasteiger partial charge in [0.25, 0.3) is 0 Å². The quantitative estimate of drug-likeness (QED) is 0.589. The first-order chi connectivity index (χ1) is 7.31. The van der Waals surface area contributed by atoms with Gasteiger partial charge in [-0.1, -0.05) is 12.1 Å². The molecule has 1 aromatic carbocycles. The summed E-state index contributed by atoms with van der Waals surface area (Å²) in [5.41, 5.74) is 6.49. The summed E-state index contributed by atoms with van der Waals surface area (Å²) < 4.78 is 0. The van der Waals surface area contributed by atoms with Gasteiger partial charge in [-0.3, -0.25) is 0 Å². The third-order valence-corrected chi connectivity index (χ3v) is 2.20. The molecule has 0 aliphatic carbocycles. The van der Waals surface area contributed by atoms with Crippen molar-refractivity contribution >= 4 is 22.3 Å². The molecule has 15 heavy (non-hydrogen) atoms. The molecular weight excluding hydrogens is 186 g/mol. The molecule has 0 spiro atoms. The van der Waals surface area contributed by atoms with Gasteiger partial charge < -0.3 is 11.1 Å². The van der Waals surface area contributed by atoms with Gasteiger partial charge in [-0.15, -0.1) is 6.58 Å². The number of hydrogen-bond donors (Lipinski definition) is 2. The number of benzene rings is 1. The molecule has 0 saturated heterocycles. The van der Waals surface area contributed by atoms with Crippen molar-refractivity contribution in [2.24, 2.45) is 0 Å². The van der Waals surface area contributed by atoms with E-state index in [4.69, 9.17) is 5.73 Å². The Morgan fingerprint density at radius 2 is 2.27 bits per heavy atom. The Bertz CT molecular complexity index is 491. The van der Waals surface area contributed by atoms with Gasteiger partial charge in [-0.05, 0) is 23.6 Å². The number of nitrogens with one attached hydrogen (secondary N) is 1. The summed E-state index contributed by atoms with van der Waals surface area (Å²) in [7, 11) is 0. The van der Waals surface area contributed by atoms with Crippen molar-refractivity contribution in [3.63, 3.8) is 0 Å². The highest BCUT2D eigenvalue weighted by Gasteiger charge is 2.00. The van der Waals surface area contributed by atoms with E-state index in [2.05, 4.69) is 16.9 Å². The van der Waals surface area contributed by atoms with Crippen LogP contribution in [-0.2, 0) is 0 Å². The van der Waals surface area contributed by atoms with Crippen molar-refractivity contribution in [3.8, 4) is 0 Å². The maximum Gasteiger partial charge on any atom is 0.134 e. The Kier molecular flexibility index (Phi) is 2.54. The number of nitrogens with two attached hydrogens (primary N) is 1. The molecule has 0 atom stereocenters. The molecule has 1 aromatic heterocycles. The van der Waals surface area contributed by atoms with Crippen LogP contribution in [0, 0.1) is 0 Å². The monoisotopic (exact) mass is 199 g/mol. The van der Waals surface area contributed by atoms with E-state index in [1.54, 1.807) is 12.3 Å². The van der Waals surface area contributed by atoms with E-state index in [0.717, 1.165) is 22.3 Å². The maximum absolute atomic E-state index is 5.75. The third-order valence-electron chi connectivity index (χ3n) is 2.20. The van der Waals surface area contributed by atoms with E-state index in [0.29, 0.717) is 6.54 Å². The highest BCUT2D eigenvalue weighted by Crippen LogP contribution is 2.22. The van der Waals surface area contributed by atoms with E-state index in [-0.39, 0.29) is 0 Å². The Labute approximate surface area is 88.6 Å². The summed E-state index contributed by atoms with van der Waals surface area (Å²) in [5.74, 6) is 0.847. The SMILES string of the molecule is C=CCNc1nccc2ccc(N)cc12. The van der Waals surface area contributed by atoms with Gasteiger partial charge in [0.1, 0.15) is 5.82 Å². The van der Waals surface area contributed by atoms with Crippen LogP contribution >= 0.6 is 0 Å². The van der Waals surface area contributed by atoms with Gasteiger partial charge in [0.15, 0.2) is 0 Å². The number of anilines is 2. The largest absolute Gasteiger partial charge is 0.399 e. The molecule has 0 aliphatic heterocycles. The van der Waals surface area contributed by atoms with Gasteiger partial charge in [0.2, 0.25) is 0 Å². The minimum Gasteiger partial charge on any atom is -0.399 e. The fraction of sp³-hybridized carbons (Fsp3) is 0.0833. The van der Waals surface area contributed by atoms with Crippen LogP contribution in [0.4, 0.5) is 11.5 Å². The first-order valence-electron chi connectivity index (χ1n) is 4.80. The second kappa shape index (κ2) is 4.00. The standard InChI is InChI=1S/C12H13N3/c1-2-6-14-12-11-8-10(13)4-3-9(11)5-7-15-12/h2-5,7-8H,1,6,13H2,(H,14,15). The zero-order valence-electron chi connectivity index (χ0n) is 8.40. The number of nitrogens with zero attached hydrogens (tertiary/aromatic N) is 1. The molecule has 2 rings (SSSR count). The molecule has 1 heterocycles. The van der Waals surface area contributed by atoms with Crippen LogP contribution in [0.15, 0.2) is 43.1 Å². The molecule has 3 nitrogen and oxygen atoms in total. The van der Waals surface area contributed by atoms with Crippen LogP contribution in [0.1, 0.15) is 0 Å². The van der Waals surface area contributed by atoms with Crippen molar-refractivity contribution in [2.45, 2.75) is 0 Å². The first kappa shape index (κ1) is 9.52. The van der Waals surface area contributed by atoms with Crippen LogP contribution < -0.4 is 11.1 Å². The Morgan fingerprint density at radius 1 is 1.40 bits per heavy atom. The Hall–Kier alpha value is -2.03. The minimum absolute atomic E-state index is 0.695. The molecule has 0 aliphatic rings. The molecule has 0 fully saturated rings. The zero-order valence-corrected chi connectivity index (χ0v) is 8.40. The smallest absolute Gasteiger partial charge is 0.134 e. The summed E-state index contributed by atoms with van der Waals surface area (Å²) in [4.78, 5) is 4.27. The van der Waals surface area contributed by atoms with Crippen molar-refractivity contribution in [2.75, 3.05) is 17.6 Å². The predicted octanol–water partition coefficient (Wildman–Crippen LogP) is 2.41. The van der Waals surface area contributed by atoms with Crippen molar-refractivity contribution < 1.29 is 0 Å². The molecule has 0 saturated carbocycles. The lowest BCUT2D eigenvalue weighted by atomic mass is 10.1. The van der Waals surface area contributed by atoms with E-state index < -0.39 is 0 Å². The second-order valence-corrected chi connectivity index (χ2v) is 3.31. The van der Waals surface area contributed by atoms with Gasteiger partial charge in [0.05, 0.1) is 0 Å². The average molecular weight is 199 g/mol. The Balaban J connectivity index is 2.52. The third kappa shape index (κ3) is 1.91. The van der Waals surface area contributed by atoms with Gasteiger partial charge in [-0.25, -0.2) is 4.98 Å². The summed E-state index contributed by atoms with van der Waals surface area (Å²) in [6.45, 7) is 4.35. The average Bonchev–Trinajstić information content (AvgIpc) is 2.26. The van der Waals surface area contributed by atoms with E-state index in [1.807, 2.05) is 24.3 Å². The molecule has 76 valence electrons. The van der Waals surface area contributed by atoms with Gasteiger partial charge in [-0.2, -0.15) is 0 Å². The molecule has 0 bridgehead atoms. The minimum atomic E-state index is 0.695. The molecule has 3 N–H and O–H groups in total. The predicted molar refractivity (Wildman–Crippen MR) is 64.8 cm³/mol. The Morgan fingerprint density at radius 3 is 3.07 bits per heavy atom. The molecule has 2 aromatic rings. The molecule has 0 amide bonds. The number of pyridine rings is 1. The van der Waals surface area contributed by atoms with Crippen molar-refractivity contribution in [1.82, 2.24) is 4.98 Å². The van der Waals surface area contributed by atoms with Crippen LogP contribution in [-0.4, -0.2) is 11.5 Å². The highest BCUT2D eigenvalue weighted by molar-refractivity contribution is 5.93. The van der Waals surface area contributed by atoms with Crippen LogP contribution in [0.25, 0.3) is 10.8 Å². The molecule has 0 unspecified atom stereocenters. The van der Waals surface area contributed by atoms with E-state index in [1.165, 1.54) is 0 Å². The zero-order chi connectivity index (χ0) is 10.7. The van der Waals surface area contributed by atoms with Crippen LogP contribution in [0.2, 0.25) is 0 Å². The summed E-state index contributed by atoms with van der Waals surface area (Å²) in [6.07, 6.45) is 3.58. The lowest BCUT2D eigenvalue weighted by Crippen LogP contribution is -2.00.